The van der Waals surface area contributed by atoms with Gasteiger partial charge in [0.25, 0.3) is 5.91 Å². The molecule has 3 N–H and O–H groups in total. The van der Waals surface area contributed by atoms with E-state index in [1.807, 2.05) is 32.0 Å². The Morgan fingerprint density at radius 1 is 1.41 bits per heavy atom. The van der Waals surface area contributed by atoms with E-state index in [-0.39, 0.29) is 11.9 Å². The summed E-state index contributed by atoms with van der Waals surface area (Å²) in [6.45, 7) is 6.61. The number of carbonyl (C=O) groups excluding carboxylic acids is 1. The van der Waals surface area contributed by atoms with Gasteiger partial charge in [-0.05, 0) is 37.5 Å². The first kappa shape index (κ1) is 13.7. The van der Waals surface area contributed by atoms with Gasteiger partial charge in [-0.25, -0.2) is 0 Å². The van der Waals surface area contributed by atoms with Gasteiger partial charge in [-0.1, -0.05) is 25.5 Å². The molecule has 1 aromatic rings. The highest BCUT2D eigenvalue weighted by Gasteiger charge is 2.10. The minimum absolute atomic E-state index is 0.0299. The van der Waals surface area contributed by atoms with Crippen LogP contribution in [0, 0.1) is 13.8 Å². The minimum Gasteiger partial charge on any atom is -0.350 e. The number of aryl methyl sites for hydroxylation is 1. The van der Waals surface area contributed by atoms with Crippen molar-refractivity contribution in [3.05, 3.63) is 34.9 Å². The third-order valence-electron chi connectivity index (χ3n) is 3.03. The Kier molecular flexibility index (Phi) is 5.16. The first-order chi connectivity index (χ1) is 8.06. The molecule has 1 rings (SSSR count). The zero-order chi connectivity index (χ0) is 12.8. The van der Waals surface area contributed by atoms with Crippen LogP contribution in [-0.4, -0.2) is 18.5 Å². The summed E-state index contributed by atoms with van der Waals surface area (Å²) >= 11 is 0. The van der Waals surface area contributed by atoms with Gasteiger partial charge in [0.2, 0.25) is 0 Å². The fourth-order valence-electron chi connectivity index (χ4n) is 1.79. The Balaban J connectivity index is 2.61. The monoisotopic (exact) mass is 234 g/mol. The lowest BCUT2D eigenvalue weighted by molar-refractivity contribution is 0.0950. The van der Waals surface area contributed by atoms with E-state index in [9.17, 15) is 4.79 Å². The molecule has 3 nitrogen and oxygen atoms in total. The number of hydrogen-bond acceptors (Lipinski definition) is 2. The quantitative estimate of drug-likeness (QED) is 0.820. The SMILES string of the molecule is CCCC(N)CNC(=O)c1cccc(C)c1C. The van der Waals surface area contributed by atoms with E-state index in [0.29, 0.717) is 6.54 Å². The van der Waals surface area contributed by atoms with Crippen molar-refractivity contribution in [2.75, 3.05) is 6.54 Å². The van der Waals surface area contributed by atoms with E-state index < -0.39 is 0 Å². The fraction of sp³-hybridized carbons (Fsp3) is 0.500. The van der Waals surface area contributed by atoms with Gasteiger partial charge in [0.05, 0.1) is 0 Å². The number of nitrogens with two attached hydrogens (primary N) is 1. The van der Waals surface area contributed by atoms with Crippen molar-refractivity contribution >= 4 is 5.91 Å². The van der Waals surface area contributed by atoms with Crippen molar-refractivity contribution in [2.24, 2.45) is 5.73 Å². The van der Waals surface area contributed by atoms with Crippen LogP contribution in [0.1, 0.15) is 41.3 Å². The molecule has 1 atom stereocenters. The van der Waals surface area contributed by atoms with Gasteiger partial charge in [-0.2, -0.15) is 0 Å². The predicted molar refractivity (Wildman–Crippen MR) is 71.1 cm³/mol. The summed E-state index contributed by atoms with van der Waals surface area (Å²) in [4.78, 5) is 12.0. The van der Waals surface area contributed by atoms with E-state index in [4.69, 9.17) is 5.73 Å². The van der Waals surface area contributed by atoms with Crippen LogP contribution in [0.15, 0.2) is 18.2 Å². The van der Waals surface area contributed by atoms with Crippen molar-refractivity contribution in [3.8, 4) is 0 Å². The molecule has 0 spiro atoms. The summed E-state index contributed by atoms with van der Waals surface area (Å²) in [5.41, 5.74) is 8.78. The maximum Gasteiger partial charge on any atom is 0.251 e. The van der Waals surface area contributed by atoms with Gasteiger partial charge in [-0.3, -0.25) is 4.79 Å². The third kappa shape index (κ3) is 3.86. The van der Waals surface area contributed by atoms with Crippen molar-refractivity contribution in [3.63, 3.8) is 0 Å². The van der Waals surface area contributed by atoms with Crippen LogP contribution in [0.25, 0.3) is 0 Å². The van der Waals surface area contributed by atoms with E-state index in [1.165, 1.54) is 0 Å². The summed E-state index contributed by atoms with van der Waals surface area (Å²) in [5, 5.41) is 2.89. The summed E-state index contributed by atoms with van der Waals surface area (Å²) in [6, 6.07) is 5.82. The van der Waals surface area contributed by atoms with Crippen molar-refractivity contribution in [1.29, 1.82) is 0 Å². The van der Waals surface area contributed by atoms with Crippen molar-refractivity contribution < 1.29 is 4.79 Å². The molecule has 0 fully saturated rings. The number of hydrogen-bond donors (Lipinski definition) is 2. The Bertz CT molecular complexity index is 388. The maximum absolute atomic E-state index is 12.0. The van der Waals surface area contributed by atoms with Gasteiger partial charge in [0.1, 0.15) is 0 Å². The largest absolute Gasteiger partial charge is 0.350 e. The average molecular weight is 234 g/mol. The normalized spacial score (nSPS) is 12.2. The molecule has 1 aromatic carbocycles. The minimum atomic E-state index is -0.0299. The van der Waals surface area contributed by atoms with E-state index in [1.54, 1.807) is 0 Å². The second kappa shape index (κ2) is 6.40. The van der Waals surface area contributed by atoms with Crippen LogP contribution < -0.4 is 11.1 Å². The smallest absolute Gasteiger partial charge is 0.251 e. The van der Waals surface area contributed by atoms with Gasteiger partial charge in [0.15, 0.2) is 0 Å². The van der Waals surface area contributed by atoms with Gasteiger partial charge >= 0.3 is 0 Å². The molecular formula is C14H22N2O. The molecule has 0 radical (unpaired) electrons. The molecule has 17 heavy (non-hydrogen) atoms. The summed E-state index contributed by atoms with van der Waals surface area (Å²) in [7, 11) is 0. The number of amides is 1. The summed E-state index contributed by atoms with van der Waals surface area (Å²) < 4.78 is 0. The highest BCUT2D eigenvalue weighted by Crippen LogP contribution is 2.12. The Labute approximate surface area is 103 Å². The first-order valence-electron chi connectivity index (χ1n) is 6.16. The van der Waals surface area contributed by atoms with Crippen LogP contribution in [0.5, 0.6) is 0 Å². The molecule has 0 saturated carbocycles. The lowest BCUT2D eigenvalue weighted by Gasteiger charge is -2.13. The molecule has 0 heterocycles. The highest BCUT2D eigenvalue weighted by molar-refractivity contribution is 5.95. The highest BCUT2D eigenvalue weighted by atomic mass is 16.1. The zero-order valence-corrected chi connectivity index (χ0v) is 10.9. The molecule has 0 bridgehead atoms. The Hall–Kier alpha value is -1.35. The summed E-state index contributed by atoms with van der Waals surface area (Å²) in [6.07, 6.45) is 1.98. The fourth-order valence-corrected chi connectivity index (χ4v) is 1.79. The maximum atomic E-state index is 12.0. The van der Waals surface area contributed by atoms with Gasteiger partial charge < -0.3 is 11.1 Å². The number of benzene rings is 1. The molecule has 94 valence electrons. The summed E-state index contributed by atoms with van der Waals surface area (Å²) in [5.74, 6) is -0.0299. The van der Waals surface area contributed by atoms with Crippen LogP contribution >= 0.6 is 0 Å². The lowest BCUT2D eigenvalue weighted by Crippen LogP contribution is -2.37. The zero-order valence-electron chi connectivity index (χ0n) is 10.9. The molecule has 0 aliphatic carbocycles. The van der Waals surface area contributed by atoms with Crippen LogP contribution in [-0.2, 0) is 0 Å². The van der Waals surface area contributed by atoms with Crippen LogP contribution in [0.4, 0.5) is 0 Å². The third-order valence-corrected chi connectivity index (χ3v) is 3.03. The van der Waals surface area contributed by atoms with Crippen molar-refractivity contribution in [1.82, 2.24) is 5.32 Å². The second-order valence-electron chi connectivity index (χ2n) is 4.51. The van der Waals surface area contributed by atoms with E-state index in [2.05, 4.69) is 12.2 Å². The number of carbonyl (C=O) groups is 1. The van der Waals surface area contributed by atoms with Crippen LogP contribution in [0.3, 0.4) is 0 Å². The second-order valence-corrected chi connectivity index (χ2v) is 4.51. The number of rotatable bonds is 5. The Morgan fingerprint density at radius 3 is 2.76 bits per heavy atom. The van der Waals surface area contributed by atoms with Crippen molar-refractivity contribution in [2.45, 2.75) is 39.7 Å². The van der Waals surface area contributed by atoms with Gasteiger partial charge in [-0.15, -0.1) is 0 Å². The molecule has 3 heteroatoms. The van der Waals surface area contributed by atoms with E-state index in [0.717, 1.165) is 29.5 Å². The van der Waals surface area contributed by atoms with E-state index >= 15 is 0 Å². The molecule has 0 aliphatic rings. The molecule has 0 aromatic heterocycles. The van der Waals surface area contributed by atoms with Gasteiger partial charge in [0, 0.05) is 18.2 Å². The topological polar surface area (TPSA) is 55.1 Å². The number of nitrogens with one attached hydrogen (secondary N) is 1. The Morgan fingerprint density at radius 2 is 2.12 bits per heavy atom. The molecule has 0 saturated heterocycles. The first-order valence-corrected chi connectivity index (χ1v) is 6.16. The standard InChI is InChI=1S/C14H22N2O/c1-4-6-12(15)9-16-14(17)13-8-5-7-10(2)11(13)3/h5,7-8,12H,4,6,9,15H2,1-3H3,(H,16,17). The molecule has 0 aliphatic heterocycles. The molecular weight excluding hydrogens is 212 g/mol. The molecule has 1 amide bonds. The average Bonchev–Trinajstić information content (AvgIpc) is 2.30. The molecule has 1 unspecified atom stereocenters. The van der Waals surface area contributed by atoms with Crippen LogP contribution in [0.2, 0.25) is 0 Å². The lowest BCUT2D eigenvalue weighted by atomic mass is 10.0. The predicted octanol–water partition coefficient (Wildman–Crippen LogP) is 2.16.